The minimum Gasteiger partial charge on any atom is -0.467 e. The van der Waals surface area contributed by atoms with Crippen molar-refractivity contribution in [2.45, 2.75) is 11.8 Å². The Balaban J connectivity index is 1.80. The van der Waals surface area contributed by atoms with Gasteiger partial charge in [-0.2, -0.15) is 0 Å². The topological polar surface area (TPSA) is 78.3 Å². The van der Waals surface area contributed by atoms with Crippen molar-refractivity contribution in [2.24, 2.45) is 11.5 Å². The fourth-order valence-electron chi connectivity index (χ4n) is 2.41. The van der Waals surface area contributed by atoms with E-state index in [1.54, 1.807) is 30.4 Å². The Bertz CT molecular complexity index is 753. The lowest BCUT2D eigenvalue weighted by Crippen LogP contribution is -2.58. The summed E-state index contributed by atoms with van der Waals surface area (Å²) >= 11 is 0. The molecule has 0 fully saturated rings. The Morgan fingerprint density at radius 2 is 1.61 bits per heavy atom. The summed E-state index contributed by atoms with van der Waals surface area (Å²) < 4.78 is 5.80. The number of para-hydroxylation sites is 1. The number of ether oxygens (including phenoxy) is 1. The van der Waals surface area contributed by atoms with Gasteiger partial charge in [-0.25, -0.2) is 0 Å². The zero-order chi connectivity index (χ0) is 16.3. The summed E-state index contributed by atoms with van der Waals surface area (Å²) in [5.41, 5.74) is 12.3. The first-order chi connectivity index (χ1) is 11.1. The number of hydrogen-bond donors (Lipinski definition) is 2. The molecule has 0 saturated heterocycles. The number of hydrogen-bond acceptors (Lipinski definition) is 4. The lowest BCUT2D eigenvalue weighted by atomic mass is 9.91. The maximum absolute atomic E-state index is 12.5. The largest absolute Gasteiger partial charge is 0.467 e. The molecule has 116 valence electrons. The van der Waals surface area contributed by atoms with Gasteiger partial charge in [0.15, 0.2) is 11.5 Å². The van der Waals surface area contributed by atoms with E-state index in [0.29, 0.717) is 16.9 Å². The van der Waals surface area contributed by atoms with Crippen LogP contribution in [0, 0.1) is 0 Å². The van der Waals surface area contributed by atoms with Crippen LogP contribution in [-0.2, 0) is 0 Å². The van der Waals surface area contributed by atoms with Crippen LogP contribution in [0.25, 0.3) is 0 Å². The molecule has 4 heteroatoms. The van der Waals surface area contributed by atoms with Gasteiger partial charge in [0, 0.05) is 11.1 Å². The summed E-state index contributed by atoms with van der Waals surface area (Å²) in [6.45, 7) is 0. The minimum absolute atomic E-state index is 0.0842. The van der Waals surface area contributed by atoms with Crippen LogP contribution >= 0.6 is 0 Å². The molecule has 1 aliphatic rings. The van der Waals surface area contributed by atoms with E-state index in [-0.39, 0.29) is 5.78 Å². The molecule has 2 aromatic rings. The standard InChI is InChI=1S/C19H18N2O2/c20-17-13-15(18(22)14-7-3-1-4-8-14)11-12-19(17,21)23-16-9-5-2-6-10-16/h1-13,17H,20-21H2. The van der Waals surface area contributed by atoms with Crippen LogP contribution < -0.4 is 16.2 Å². The van der Waals surface area contributed by atoms with Crippen LogP contribution in [0.15, 0.2) is 84.5 Å². The summed E-state index contributed by atoms with van der Waals surface area (Å²) in [5, 5.41) is 0. The van der Waals surface area contributed by atoms with Gasteiger partial charge in [-0.3, -0.25) is 10.5 Å². The highest BCUT2D eigenvalue weighted by Gasteiger charge is 2.34. The van der Waals surface area contributed by atoms with Crippen LogP contribution in [0.4, 0.5) is 0 Å². The molecular formula is C19H18N2O2. The van der Waals surface area contributed by atoms with E-state index in [2.05, 4.69) is 0 Å². The second-order valence-electron chi connectivity index (χ2n) is 5.44. The molecule has 0 spiro atoms. The molecular weight excluding hydrogens is 288 g/mol. The monoisotopic (exact) mass is 306 g/mol. The highest BCUT2D eigenvalue weighted by Crippen LogP contribution is 2.24. The average Bonchev–Trinajstić information content (AvgIpc) is 2.58. The number of benzene rings is 2. The summed E-state index contributed by atoms with van der Waals surface area (Å²) in [5.74, 6) is 0.542. The van der Waals surface area contributed by atoms with Crippen molar-refractivity contribution in [1.29, 1.82) is 0 Å². The van der Waals surface area contributed by atoms with Gasteiger partial charge in [0.05, 0.1) is 6.04 Å². The summed E-state index contributed by atoms with van der Waals surface area (Å²) in [6, 6.07) is 17.7. The van der Waals surface area contributed by atoms with Crippen LogP contribution in [0.3, 0.4) is 0 Å². The molecule has 0 amide bonds. The summed E-state index contributed by atoms with van der Waals surface area (Å²) in [4.78, 5) is 12.5. The van der Waals surface area contributed by atoms with Gasteiger partial charge in [-0.15, -0.1) is 0 Å². The van der Waals surface area contributed by atoms with Crippen molar-refractivity contribution in [3.05, 3.63) is 90.0 Å². The minimum atomic E-state index is -1.18. The van der Waals surface area contributed by atoms with Crippen LogP contribution in [-0.4, -0.2) is 17.6 Å². The third-order valence-electron chi connectivity index (χ3n) is 3.74. The number of Topliss-reactive ketones (excluding diaryl/α,β-unsaturated/α-hetero) is 1. The first-order valence-corrected chi connectivity index (χ1v) is 7.38. The van der Waals surface area contributed by atoms with Gasteiger partial charge in [0.25, 0.3) is 0 Å². The Labute approximate surface area is 135 Å². The average molecular weight is 306 g/mol. The molecule has 2 atom stereocenters. The normalized spacial score (nSPS) is 23.2. The second-order valence-corrected chi connectivity index (χ2v) is 5.44. The number of allylic oxidation sites excluding steroid dienone is 2. The van der Waals surface area contributed by atoms with E-state index in [0.717, 1.165) is 0 Å². The third kappa shape index (κ3) is 3.23. The molecule has 0 bridgehead atoms. The SMILES string of the molecule is NC1C=C(C(=O)c2ccccc2)C=CC1(N)Oc1ccccc1. The van der Waals surface area contributed by atoms with Gasteiger partial charge in [0.1, 0.15) is 5.75 Å². The molecule has 1 aliphatic carbocycles. The van der Waals surface area contributed by atoms with Crippen LogP contribution in [0.2, 0.25) is 0 Å². The Kier molecular flexibility index (Phi) is 4.10. The fraction of sp³-hybridized carbons (Fsp3) is 0.105. The molecule has 2 unspecified atom stereocenters. The van der Waals surface area contributed by atoms with Crippen LogP contribution in [0.1, 0.15) is 10.4 Å². The smallest absolute Gasteiger partial charge is 0.196 e. The Morgan fingerprint density at radius 3 is 2.22 bits per heavy atom. The molecule has 23 heavy (non-hydrogen) atoms. The predicted molar refractivity (Wildman–Crippen MR) is 90.0 cm³/mol. The molecule has 0 aromatic heterocycles. The molecule has 2 aromatic carbocycles. The fourth-order valence-corrected chi connectivity index (χ4v) is 2.41. The van der Waals surface area contributed by atoms with Gasteiger partial charge in [-0.1, -0.05) is 54.6 Å². The molecule has 0 aliphatic heterocycles. The molecule has 3 rings (SSSR count). The van der Waals surface area contributed by atoms with E-state index >= 15 is 0 Å². The van der Waals surface area contributed by atoms with Crippen molar-refractivity contribution in [2.75, 3.05) is 0 Å². The zero-order valence-corrected chi connectivity index (χ0v) is 12.6. The van der Waals surface area contributed by atoms with Gasteiger partial charge in [-0.05, 0) is 24.3 Å². The van der Waals surface area contributed by atoms with Crippen molar-refractivity contribution < 1.29 is 9.53 Å². The predicted octanol–water partition coefficient (Wildman–Crippen LogP) is 2.43. The lowest BCUT2D eigenvalue weighted by molar-refractivity contribution is 0.101. The Morgan fingerprint density at radius 1 is 1.00 bits per heavy atom. The van der Waals surface area contributed by atoms with E-state index < -0.39 is 11.8 Å². The molecule has 0 radical (unpaired) electrons. The van der Waals surface area contributed by atoms with Crippen LogP contribution in [0.5, 0.6) is 5.75 Å². The zero-order valence-electron chi connectivity index (χ0n) is 12.6. The van der Waals surface area contributed by atoms with E-state index in [9.17, 15) is 4.79 Å². The number of rotatable bonds is 4. The summed E-state index contributed by atoms with van der Waals surface area (Å²) in [6.07, 6.45) is 4.96. The second kappa shape index (κ2) is 6.20. The Hall–Kier alpha value is -2.69. The van der Waals surface area contributed by atoms with Crippen molar-refractivity contribution in [3.8, 4) is 5.75 Å². The van der Waals surface area contributed by atoms with E-state index in [1.807, 2.05) is 48.5 Å². The summed E-state index contributed by atoms with van der Waals surface area (Å²) in [7, 11) is 0. The number of ketones is 1. The highest BCUT2D eigenvalue weighted by atomic mass is 16.5. The first kappa shape index (κ1) is 15.2. The maximum Gasteiger partial charge on any atom is 0.196 e. The molecule has 0 saturated carbocycles. The first-order valence-electron chi connectivity index (χ1n) is 7.38. The van der Waals surface area contributed by atoms with Crippen molar-refractivity contribution >= 4 is 5.78 Å². The quantitative estimate of drug-likeness (QED) is 0.671. The van der Waals surface area contributed by atoms with Crippen molar-refractivity contribution in [3.63, 3.8) is 0 Å². The van der Waals surface area contributed by atoms with Crippen molar-refractivity contribution in [1.82, 2.24) is 0 Å². The lowest BCUT2D eigenvalue weighted by Gasteiger charge is -2.34. The number of carbonyl (C=O) groups excluding carboxylic acids is 1. The number of nitrogens with two attached hydrogens (primary N) is 2. The van der Waals surface area contributed by atoms with E-state index in [1.165, 1.54) is 0 Å². The van der Waals surface area contributed by atoms with Gasteiger partial charge < -0.3 is 10.5 Å². The maximum atomic E-state index is 12.5. The van der Waals surface area contributed by atoms with Gasteiger partial charge >= 0.3 is 0 Å². The molecule has 4 nitrogen and oxygen atoms in total. The van der Waals surface area contributed by atoms with Gasteiger partial charge in [0.2, 0.25) is 0 Å². The third-order valence-corrected chi connectivity index (χ3v) is 3.74. The molecule has 4 N–H and O–H groups in total. The molecule has 0 heterocycles. The highest BCUT2D eigenvalue weighted by molar-refractivity contribution is 6.10. The number of carbonyl (C=O) groups is 1. The van der Waals surface area contributed by atoms with E-state index in [4.69, 9.17) is 16.2 Å².